The average Bonchev–Trinajstić information content (AvgIpc) is 3.67. The fraction of sp³-hybridized carbons (Fsp3) is 0.209. The Hall–Kier alpha value is -5.80. The number of hydrogen-bond acceptors (Lipinski definition) is 7. The van der Waals surface area contributed by atoms with Gasteiger partial charge in [0.2, 0.25) is 0 Å². The molecule has 1 aliphatic heterocycles. The van der Waals surface area contributed by atoms with Gasteiger partial charge in [0.1, 0.15) is 0 Å². The number of fused-ring (bicyclic) bond motifs is 2. The molecule has 4 aromatic carbocycles. The number of benzene rings is 4. The third-order valence-corrected chi connectivity index (χ3v) is 10.2. The molecule has 0 saturated heterocycles. The molecule has 1 aliphatic rings. The molecule has 0 spiro atoms. The van der Waals surface area contributed by atoms with Crippen LogP contribution in [0, 0.1) is 0 Å². The highest BCUT2D eigenvalue weighted by Gasteiger charge is 2.35. The zero-order chi connectivity index (χ0) is 36.4. The minimum Gasteiger partial charge on any atom is -0.463 e. The average molecular weight is 710 g/mol. The van der Waals surface area contributed by atoms with Crippen LogP contribution in [-0.4, -0.2) is 34.3 Å². The summed E-state index contributed by atoms with van der Waals surface area (Å²) in [5.74, 6) is -0.526. The van der Waals surface area contributed by atoms with Crippen LogP contribution in [0.4, 0.5) is 0 Å². The second-order valence-corrected chi connectivity index (χ2v) is 13.9. The van der Waals surface area contributed by atoms with Gasteiger partial charge >= 0.3 is 11.9 Å². The molecule has 7 rings (SSSR count). The van der Waals surface area contributed by atoms with Crippen LogP contribution in [0.15, 0.2) is 125 Å². The lowest BCUT2D eigenvalue weighted by molar-refractivity contribution is -0.138. The molecular formula is C43H39N3O5S. The molecule has 0 fully saturated rings. The largest absolute Gasteiger partial charge is 0.463 e. The Morgan fingerprint density at radius 3 is 2.21 bits per heavy atom. The van der Waals surface area contributed by atoms with E-state index in [1.165, 1.54) is 11.3 Å². The number of esters is 2. The monoisotopic (exact) mass is 709 g/mol. The van der Waals surface area contributed by atoms with E-state index < -0.39 is 12.0 Å². The third-order valence-electron chi connectivity index (χ3n) is 9.22. The summed E-state index contributed by atoms with van der Waals surface area (Å²) in [6.45, 7) is 8.90. The third kappa shape index (κ3) is 6.67. The second-order valence-electron chi connectivity index (χ2n) is 12.9. The summed E-state index contributed by atoms with van der Waals surface area (Å²) in [4.78, 5) is 46.1. The van der Waals surface area contributed by atoms with Gasteiger partial charge in [-0.1, -0.05) is 110 Å². The standard InChI is InChI=1S/C43H39N3O5S/c1-5-50-41(48)32-18-16-28(17-19-32)25-45-26-33(34-14-10-11-15-35(34)45)24-36-40(47)46-39(31-22-20-29(21-23-31)27(3)4)37(42(49)51-6-2)38(44-43(46)52-36)30-12-8-7-9-13-30/h7-24,26-27,39H,5-6,25H2,1-4H3/b36-24-/t39-/m0/s1. The van der Waals surface area contributed by atoms with E-state index in [1.807, 2.05) is 85.1 Å². The lowest BCUT2D eigenvalue weighted by atomic mass is 9.91. The Morgan fingerprint density at radius 2 is 1.52 bits per heavy atom. The lowest BCUT2D eigenvalue weighted by Crippen LogP contribution is -2.40. The van der Waals surface area contributed by atoms with Crippen molar-refractivity contribution in [1.82, 2.24) is 9.13 Å². The van der Waals surface area contributed by atoms with Crippen LogP contribution in [0.2, 0.25) is 0 Å². The maximum absolute atomic E-state index is 14.6. The maximum atomic E-state index is 14.6. The molecule has 8 nitrogen and oxygen atoms in total. The normalized spacial score (nSPS) is 14.4. The molecule has 0 N–H and O–H groups in total. The van der Waals surface area contributed by atoms with Gasteiger partial charge in [-0.25, -0.2) is 14.6 Å². The van der Waals surface area contributed by atoms with Crippen LogP contribution in [0.3, 0.4) is 0 Å². The van der Waals surface area contributed by atoms with Gasteiger partial charge < -0.3 is 14.0 Å². The number of nitrogens with zero attached hydrogens (tertiary/aromatic N) is 3. The van der Waals surface area contributed by atoms with Crippen LogP contribution in [0.25, 0.3) is 22.7 Å². The molecule has 262 valence electrons. The van der Waals surface area contributed by atoms with Crippen molar-refractivity contribution >= 4 is 46.0 Å². The summed E-state index contributed by atoms with van der Waals surface area (Å²) in [5.41, 5.74) is 6.74. The molecule has 0 amide bonds. The van der Waals surface area contributed by atoms with Gasteiger partial charge in [0.15, 0.2) is 4.80 Å². The van der Waals surface area contributed by atoms with Gasteiger partial charge in [-0.05, 0) is 60.7 Å². The molecule has 0 unspecified atom stereocenters. The van der Waals surface area contributed by atoms with E-state index in [9.17, 15) is 14.4 Å². The summed E-state index contributed by atoms with van der Waals surface area (Å²) in [5, 5.41) is 0.995. The highest BCUT2D eigenvalue weighted by atomic mass is 32.1. The molecule has 0 aliphatic carbocycles. The van der Waals surface area contributed by atoms with Gasteiger partial charge in [0.05, 0.1) is 40.6 Å². The molecule has 3 heterocycles. The first-order chi connectivity index (χ1) is 25.3. The number of aromatic nitrogens is 2. The lowest BCUT2D eigenvalue weighted by Gasteiger charge is -2.26. The van der Waals surface area contributed by atoms with E-state index in [0.717, 1.165) is 38.7 Å². The van der Waals surface area contributed by atoms with Gasteiger partial charge in [0, 0.05) is 34.8 Å². The van der Waals surface area contributed by atoms with Crippen LogP contribution in [-0.2, 0) is 20.8 Å². The van der Waals surface area contributed by atoms with Gasteiger partial charge in [-0.3, -0.25) is 9.36 Å². The molecule has 9 heteroatoms. The fourth-order valence-corrected chi connectivity index (χ4v) is 7.63. The van der Waals surface area contributed by atoms with Gasteiger partial charge in [-0.15, -0.1) is 0 Å². The molecule has 2 aromatic heterocycles. The maximum Gasteiger partial charge on any atom is 0.338 e. The first kappa shape index (κ1) is 34.6. The first-order valence-electron chi connectivity index (χ1n) is 17.5. The summed E-state index contributed by atoms with van der Waals surface area (Å²) >= 11 is 1.31. The van der Waals surface area contributed by atoms with E-state index in [-0.39, 0.29) is 18.1 Å². The summed E-state index contributed by atoms with van der Waals surface area (Å²) < 4.78 is 15.1. The zero-order valence-electron chi connectivity index (χ0n) is 29.5. The topological polar surface area (TPSA) is 91.9 Å². The van der Waals surface area contributed by atoms with Crippen molar-refractivity contribution in [3.63, 3.8) is 0 Å². The van der Waals surface area contributed by atoms with Crippen molar-refractivity contribution < 1.29 is 19.1 Å². The molecule has 1 atom stereocenters. The second kappa shape index (κ2) is 14.8. The number of para-hydroxylation sites is 1. The molecule has 0 bridgehead atoms. The Kier molecular flexibility index (Phi) is 9.87. The summed E-state index contributed by atoms with van der Waals surface area (Å²) in [7, 11) is 0. The fourth-order valence-electron chi connectivity index (χ4n) is 6.64. The molecule has 0 radical (unpaired) electrons. The van der Waals surface area contributed by atoms with Crippen molar-refractivity contribution in [2.75, 3.05) is 13.2 Å². The van der Waals surface area contributed by atoms with Crippen LogP contribution >= 0.6 is 11.3 Å². The van der Waals surface area contributed by atoms with Crippen LogP contribution < -0.4 is 14.9 Å². The van der Waals surface area contributed by atoms with E-state index >= 15 is 0 Å². The Balaban J connectivity index is 1.38. The predicted molar refractivity (Wildman–Crippen MR) is 205 cm³/mol. The number of carbonyl (C=O) groups excluding carboxylic acids is 2. The van der Waals surface area contributed by atoms with Crippen molar-refractivity contribution in [3.05, 3.63) is 168 Å². The van der Waals surface area contributed by atoms with Crippen molar-refractivity contribution in [1.29, 1.82) is 0 Å². The molecular weight excluding hydrogens is 671 g/mol. The van der Waals surface area contributed by atoms with Gasteiger partial charge in [0.25, 0.3) is 5.56 Å². The first-order valence-corrected chi connectivity index (χ1v) is 18.3. The molecule has 52 heavy (non-hydrogen) atoms. The van der Waals surface area contributed by atoms with E-state index in [0.29, 0.717) is 45.2 Å². The SMILES string of the molecule is CCOC(=O)C1=C(c2ccccc2)N=c2s/c(=C\c3cn(Cc4ccc(C(=O)OCC)cc4)c4ccccc34)c(=O)n2[C@H]1c1ccc(C(C)C)cc1. The predicted octanol–water partition coefficient (Wildman–Crippen LogP) is 7.24. The number of ether oxygens (including phenoxy) is 2. The van der Waals surface area contributed by atoms with Crippen LogP contribution in [0.1, 0.15) is 77.8 Å². The minimum absolute atomic E-state index is 0.188. The molecule has 0 saturated carbocycles. The minimum atomic E-state index is -0.743. The number of rotatable bonds is 10. The number of hydrogen-bond donors (Lipinski definition) is 0. The van der Waals surface area contributed by atoms with Crippen molar-refractivity contribution in [3.8, 4) is 0 Å². The summed E-state index contributed by atoms with van der Waals surface area (Å²) in [6, 6.07) is 32.4. The van der Waals surface area contributed by atoms with Crippen molar-refractivity contribution in [2.45, 2.75) is 46.2 Å². The Morgan fingerprint density at radius 1 is 0.846 bits per heavy atom. The highest BCUT2D eigenvalue weighted by molar-refractivity contribution is 7.07. The quantitative estimate of drug-likeness (QED) is 0.140. The Labute approximate surface area is 305 Å². The van der Waals surface area contributed by atoms with Crippen molar-refractivity contribution in [2.24, 2.45) is 4.99 Å². The Bertz CT molecular complexity index is 2490. The van der Waals surface area contributed by atoms with E-state index in [2.05, 4.69) is 36.6 Å². The molecule has 6 aromatic rings. The smallest absolute Gasteiger partial charge is 0.338 e. The zero-order valence-corrected chi connectivity index (χ0v) is 30.4. The van der Waals surface area contributed by atoms with Gasteiger partial charge in [-0.2, -0.15) is 0 Å². The number of thiazole rings is 1. The number of carbonyl (C=O) groups is 2. The highest BCUT2D eigenvalue weighted by Crippen LogP contribution is 2.35. The summed E-state index contributed by atoms with van der Waals surface area (Å²) in [6.07, 6.45) is 3.96. The van der Waals surface area contributed by atoms with Crippen LogP contribution in [0.5, 0.6) is 0 Å². The van der Waals surface area contributed by atoms with E-state index in [1.54, 1.807) is 30.5 Å². The van der Waals surface area contributed by atoms with E-state index in [4.69, 9.17) is 14.5 Å².